The van der Waals surface area contributed by atoms with Crippen LogP contribution in [0.5, 0.6) is 0 Å². The summed E-state index contributed by atoms with van der Waals surface area (Å²) in [6, 6.07) is 6.23. The fourth-order valence-corrected chi connectivity index (χ4v) is 7.18. The molecule has 200 valence electrons. The lowest BCUT2D eigenvalue weighted by Gasteiger charge is -2.43. The van der Waals surface area contributed by atoms with Gasteiger partial charge in [-0.1, -0.05) is 54.5 Å². The standard InChI is InChI=1S/C30H38ClN2O3S/c1-21-6-2-3-7-22-9-10-25(22)18-33-19-26-11-13-27(31)16-23(26)8-4-5-15-36-29-14-12-24(17-28(29)33)30(34)32-37(35)20-21/h2-3,11-14,16,21-22,25,28H,4-10,15,17-20H2,1H3/q-1/b3-2+/t21-,22+,25-,28?/m0/s1. The Hall–Kier alpha value is -1.89. The summed E-state index contributed by atoms with van der Waals surface area (Å²) in [4.78, 5) is 15.6. The first-order valence-corrected chi connectivity index (χ1v) is 15.5. The number of benzene rings is 1. The van der Waals surface area contributed by atoms with Crippen molar-refractivity contribution in [1.29, 1.82) is 0 Å². The Labute approximate surface area is 228 Å². The van der Waals surface area contributed by atoms with Gasteiger partial charge >= 0.3 is 0 Å². The van der Waals surface area contributed by atoms with Crippen LogP contribution in [0.25, 0.3) is 0 Å². The number of aryl methyl sites for hydroxylation is 1. The molecule has 2 aliphatic heterocycles. The molecule has 1 aromatic rings. The first-order valence-electron chi connectivity index (χ1n) is 13.8. The first kappa shape index (κ1) is 26.7. The van der Waals surface area contributed by atoms with E-state index in [1.807, 2.05) is 18.2 Å². The van der Waals surface area contributed by atoms with Crippen molar-refractivity contribution in [2.45, 2.75) is 70.9 Å². The van der Waals surface area contributed by atoms with Crippen LogP contribution in [0.4, 0.5) is 0 Å². The SMILES string of the molecule is C[C@H]1C/C=C/C[C@@H]2CC[C@H]2CN2Cc3ccc(Cl)cc3CCCCOC3=CC=C(CC32)C(=O)N=[S-](=O)C1. The molecule has 0 N–H and O–H groups in total. The van der Waals surface area contributed by atoms with Crippen LogP contribution in [0.15, 0.2) is 58.2 Å². The topological polar surface area (TPSA) is 59.0 Å². The highest BCUT2D eigenvalue weighted by atomic mass is 35.5. The van der Waals surface area contributed by atoms with E-state index in [0.29, 0.717) is 36.2 Å². The molecule has 2 aliphatic carbocycles. The molecule has 2 heterocycles. The zero-order valence-electron chi connectivity index (χ0n) is 21.7. The number of halogens is 1. The third-order valence-electron chi connectivity index (χ3n) is 8.36. The molecule has 0 radical (unpaired) electrons. The molecule has 37 heavy (non-hydrogen) atoms. The molecule has 0 aromatic heterocycles. The van der Waals surface area contributed by atoms with Crippen molar-refractivity contribution in [3.63, 3.8) is 0 Å². The summed E-state index contributed by atoms with van der Waals surface area (Å²) < 4.78 is 23.1. The Morgan fingerprint density at radius 1 is 1.08 bits per heavy atom. The van der Waals surface area contributed by atoms with E-state index in [2.05, 4.69) is 40.5 Å². The van der Waals surface area contributed by atoms with Crippen LogP contribution in [-0.4, -0.2) is 35.8 Å². The zero-order valence-corrected chi connectivity index (χ0v) is 23.3. The van der Waals surface area contributed by atoms with Gasteiger partial charge in [-0.05, 0) is 86.1 Å². The second-order valence-electron chi connectivity index (χ2n) is 11.2. The van der Waals surface area contributed by atoms with E-state index in [4.69, 9.17) is 16.3 Å². The van der Waals surface area contributed by atoms with E-state index < -0.39 is 10.6 Å². The van der Waals surface area contributed by atoms with Crippen molar-refractivity contribution in [1.82, 2.24) is 4.90 Å². The van der Waals surface area contributed by atoms with Gasteiger partial charge in [0.1, 0.15) is 5.76 Å². The Kier molecular flexibility index (Phi) is 8.89. The van der Waals surface area contributed by atoms with Crippen LogP contribution in [0, 0.1) is 17.8 Å². The summed E-state index contributed by atoms with van der Waals surface area (Å²) >= 11 is 6.39. The molecule has 1 aromatic carbocycles. The molecular formula is C30H38ClN2O3S-. The van der Waals surface area contributed by atoms with Crippen molar-refractivity contribution in [3.8, 4) is 0 Å². The zero-order chi connectivity index (χ0) is 25.8. The average molecular weight is 542 g/mol. The van der Waals surface area contributed by atoms with Gasteiger partial charge in [0.25, 0.3) is 0 Å². The highest BCUT2D eigenvalue weighted by Gasteiger charge is 2.36. The molecule has 1 fully saturated rings. The number of fused-ring (bicyclic) bond motifs is 3. The highest BCUT2D eigenvalue weighted by Crippen LogP contribution is 2.40. The van der Waals surface area contributed by atoms with E-state index >= 15 is 0 Å². The third-order valence-corrected chi connectivity index (χ3v) is 9.82. The van der Waals surface area contributed by atoms with Crippen molar-refractivity contribution < 1.29 is 13.7 Å². The van der Waals surface area contributed by atoms with E-state index in [-0.39, 0.29) is 17.9 Å². The maximum atomic E-state index is 13.1. The van der Waals surface area contributed by atoms with Gasteiger partial charge < -0.3 is 13.3 Å². The number of carbonyl (C=O) groups excluding carboxylic acids is 1. The predicted molar refractivity (Wildman–Crippen MR) is 149 cm³/mol. The van der Waals surface area contributed by atoms with Gasteiger partial charge in [0.15, 0.2) is 0 Å². The van der Waals surface area contributed by atoms with E-state index in [1.54, 1.807) is 0 Å². The van der Waals surface area contributed by atoms with E-state index in [1.165, 1.54) is 24.0 Å². The second-order valence-corrected chi connectivity index (χ2v) is 12.8. The summed E-state index contributed by atoms with van der Waals surface area (Å²) in [6.45, 7) is 4.49. The third kappa shape index (κ3) is 6.76. The van der Waals surface area contributed by atoms with Crippen LogP contribution in [0.2, 0.25) is 5.02 Å². The monoisotopic (exact) mass is 541 g/mol. The first-order chi connectivity index (χ1) is 18.0. The minimum absolute atomic E-state index is 0.0437. The van der Waals surface area contributed by atoms with Gasteiger partial charge in [-0.25, -0.2) is 0 Å². The number of allylic oxidation sites excluding steroid dienone is 4. The van der Waals surface area contributed by atoms with Gasteiger partial charge in [0.05, 0.1) is 12.6 Å². The lowest BCUT2D eigenvalue weighted by atomic mass is 9.71. The molecule has 1 saturated carbocycles. The largest absolute Gasteiger partial charge is 0.496 e. The van der Waals surface area contributed by atoms with Crippen molar-refractivity contribution in [2.24, 2.45) is 22.1 Å². The lowest BCUT2D eigenvalue weighted by Crippen LogP contribution is -2.45. The maximum absolute atomic E-state index is 13.1. The summed E-state index contributed by atoms with van der Waals surface area (Å²) in [7, 11) is -1.52. The van der Waals surface area contributed by atoms with E-state index in [9.17, 15) is 9.00 Å². The van der Waals surface area contributed by atoms with Crippen molar-refractivity contribution in [2.75, 3.05) is 18.9 Å². The predicted octanol–water partition coefficient (Wildman–Crippen LogP) is 6.76. The minimum Gasteiger partial charge on any atom is -0.496 e. The number of hydrogen-bond donors (Lipinski definition) is 0. The second kappa shape index (κ2) is 12.3. The van der Waals surface area contributed by atoms with Gasteiger partial charge in [-0.3, -0.25) is 9.69 Å². The van der Waals surface area contributed by atoms with Gasteiger partial charge in [0.2, 0.25) is 5.91 Å². The molecule has 2 bridgehead atoms. The molecule has 5 nitrogen and oxygen atoms in total. The molecule has 4 aliphatic rings. The lowest BCUT2D eigenvalue weighted by molar-refractivity contribution is -0.114. The van der Waals surface area contributed by atoms with Crippen molar-refractivity contribution >= 4 is 28.1 Å². The highest BCUT2D eigenvalue weighted by molar-refractivity contribution is 7.75. The Balaban J connectivity index is 1.52. The van der Waals surface area contributed by atoms with Crippen LogP contribution in [0.3, 0.4) is 0 Å². The number of ether oxygens (including phenoxy) is 1. The van der Waals surface area contributed by atoms with Gasteiger partial charge in [0, 0.05) is 30.1 Å². The van der Waals surface area contributed by atoms with Gasteiger partial charge in [-0.2, -0.15) is 10.6 Å². The minimum atomic E-state index is -1.52. The molecule has 0 saturated heterocycles. The van der Waals surface area contributed by atoms with Crippen LogP contribution in [-0.2, 0) is 37.3 Å². The molecule has 1 amide bonds. The normalized spacial score (nSPS) is 31.1. The van der Waals surface area contributed by atoms with E-state index in [0.717, 1.165) is 56.0 Å². The fraction of sp³-hybridized carbons (Fsp3) is 0.567. The molecule has 0 spiro atoms. The molecular weight excluding hydrogens is 504 g/mol. The number of amides is 1. The van der Waals surface area contributed by atoms with Crippen LogP contribution < -0.4 is 0 Å². The number of rotatable bonds is 0. The van der Waals surface area contributed by atoms with Gasteiger partial charge in [-0.15, -0.1) is 0 Å². The van der Waals surface area contributed by atoms with Crippen LogP contribution >= 0.6 is 11.6 Å². The molecule has 4 atom stereocenters. The van der Waals surface area contributed by atoms with Crippen molar-refractivity contribution in [3.05, 3.63) is 70.0 Å². The molecule has 7 heteroatoms. The summed E-state index contributed by atoms with van der Waals surface area (Å²) in [5.74, 6) is 2.52. The fourth-order valence-electron chi connectivity index (χ4n) is 5.98. The Morgan fingerprint density at radius 3 is 2.76 bits per heavy atom. The number of nitrogens with zero attached hydrogens (tertiary/aromatic N) is 2. The maximum Gasteiger partial charge on any atom is 0.249 e. The van der Waals surface area contributed by atoms with Crippen LogP contribution in [0.1, 0.15) is 63.0 Å². The molecule has 1 unspecified atom stereocenters. The Morgan fingerprint density at radius 2 is 1.92 bits per heavy atom. The Bertz CT molecular complexity index is 1180. The number of hydrogen-bond acceptors (Lipinski definition) is 5. The quantitative estimate of drug-likeness (QED) is 0.269. The summed E-state index contributed by atoms with van der Waals surface area (Å²) in [5.41, 5.74) is 3.23. The average Bonchev–Trinajstić information content (AvgIpc) is 2.88. The summed E-state index contributed by atoms with van der Waals surface area (Å²) in [6.07, 6.45) is 16.3. The number of carbonyl (C=O) groups is 1. The smallest absolute Gasteiger partial charge is 0.249 e. The summed E-state index contributed by atoms with van der Waals surface area (Å²) in [5, 5.41) is 0.779. The molecule has 5 rings (SSSR count).